The summed E-state index contributed by atoms with van der Waals surface area (Å²) in [7, 11) is 1.51. The molecule has 0 unspecified atom stereocenters. The lowest BCUT2D eigenvalue weighted by Crippen LogP contribution is -2.27. The van der Waals surface area contributed by atoms with E-state index in [0.717, 1.165) is 12.1 Å². The summed E-state index contributed by atoms with van der Waals surface area (Å²) < 4.78 is 39.6. The number of fused-ring (bicyclic) bond motifs is 1. The highest BCUT2D eigenvalue weighted by atomic mass is 32.1. The van der Waals surface area contributed by atoms with E-state index < -0.39 is 29.0 Å². The van der Waals surface area contributed by atoms with Crippen molar-refractivity contribution in [2.45, 2.75) is 19.6 Å². The van der Waals surface area contributed by atoms with Crippen LogP contribution in [0.4, 0.5) is 13.2 Å². The number of aromatic nitrogens is 2. The molecule has 1 amide bonds. The number of pyridine rings is 1. The molecule has 0 spiro atoms. The number of aryl methyl sites for hydroxylation is 2. The predicted molar refractivity (Wildman–Crippen MR) is 119 cm³/mol. The first-order chi connectivity index (χ1) is 15.6. The fraction of sp³-hybridized carbons (Fsp3) is 0.174. The summed E-state index contributed by atoms with van der Waals surface area (Å²) in [4.78, 5) is 30.3. The van der Waals surface area contributed by atoms with Crippen LogP contribution in [0, 0.1) is 6.92 Å². The van der Waals surface area contributed by atoms with E-state index in [1.165, 1.54) is 35.1 Å². The van der Waals surface area contributed by atoms with E-state index in [0.29, 0.717) is 32.0 Å². The van der Waals surface area contributed by atoms with Gasteiger partial charge in [-0.25, -0.2) is 4.98 Å². The van der Waals surface area contributed by atoms with Crippen LogP contribution in [0.3, 0.4) is 0 Å². The van der Waals surface area contributed by atoms with Crippen LogP contribution in [0.25, 0.3) is 21.5 Å². The van der Waals surface area contributed by atoms with E-state index in [2.05, 4.69) is 10.3 Å². The lowest BCUT2D eigenvalue weighted by atomic mass is 10.1. The highest BCUT2D eigenvalue weighted by Crippen LogP contribution is 2.33. The van der Waals surface area contributed by atoms with Crippen LogP contribution in [-0.4, -0.2) is 20.6 Å². The summed E-state index contributed by atoms with van der Waals surface area (Å²) in [6.07, 6.45) is -4.42. The minimum absolute atomic E-state index is 0.0753. The molecule has 4 rings (SSSR count). The Bertz CT molecular complexity index is 1420. The van der Waals surface area contributed by atoms with Crippen LogP contribution in [0.15, 0.2) is 53.3 Å². The summed E-state index contributed by atoms with van der Waals surface area (Å²) in [6, 6.07) is 11.5. The van der Waals surface area contributed by atoms with Crippen LogP contribution >= 0.6 is 11.3 Å². The van der Waals surface area contributed by atoms with Crippen molar-refractivity contribution < 1.29 is 23.1 Å². The number of halogens is 3. The fourth-order valence-electron chi connectivity index (χ4n) is 3.48. The molecule has 0 atom stereocenters. The van der Waals surface area contributed by atoms with Crippen molar-refractivity contribution in [2.75, 3.05) is 0 Å². The minimum atomic E-state index is -4.42. The maximum absolute atomic E-state index is 12.9. The van der Waals surface area contributed by atoms with E-state index in [-0.39, 0.29) is 12.1 Å². The first-order valence-corrected chi connectivity index (χ1v) is 10.6. The van der Waals surface area contributed by atoms with E-state index in [1.807, 2.05) is 0 Å². The number of amides is 1. The van der Waals surface area contributed by atoms with Gasteiger partial charge in [0.1, 0.15) is 5.01 Å². The second-order valence-electron chi connectivity index (χ2n) is 7.39. The highest BCUT2D eigenvalue weighted by molar-refractivity contribution is 7.15. The monoisotopic (exact) mass is 473 g/mol. The van der Waals surface area contributed by atoms with Gasteiger partial charge in [0.05, 0.1) is 28.9 Å². The number of hydrogen-bond donors (Lipinski definition) is 2. The largest absolute Gasteiger partial charge is 0.502 e. The highest BCUT2D eigenvalue weighted by Gasteiger charge is 2.30. The smallest absolute Gasteiger partial charge is 0.416 e. The molecule has 33 heavy (non-hydrogen) atoms. The Labute approximate surface area is 190 Å². The molecule has 6 nitrogen and oxygen atoms in total. The number of alkyl halides is 3. The van der Waals surface area contributed by atoms with Crippen LogP contribution < -0.4 is 10.9 Å². The van der Waals surface area contributed by atoms with Gasteiger partial charge >= 0.3 is 6.18 Å². The first kappa shape index (κ1) is 22.5. The van der Waals surface area contributed by atoms with Crippen LogP contribution in [-0.2, 0) is 19.8 Å². The molecule has 2 aromatic heterocycles. The molecule has 0 aliphatic heterocycles. The van der Waals surface area contributed by atoms with Crippen molar-refractivity contribution in [3.05, 3.63) is 80.6 Å². The summed E-state index contributed by atoms with van der Waals surface area (Å²) in [5, 5.41) is 14.0. The molecule has 2 aromatic carbocycles. The number of thiazole rings is 1. The molecule has 0 saturated carbocycles. The number of hydrogen-bond acceptors (Lipinski definition) is 5. The SMILES string of the molecule is Cc1nc(-c2ccc(C(F)(F)F)cc2)sc1CNC(=O)c1c(O)c(=O)n(C)c2ccccc12. The van der Waals surface area contributed by atoms with Crippen LogP contribution in [0.1, 0.15) is 26.5 Å². The average molecular weight is 473 g/mol. The van der Waals surface area contributed by atoms with Crippen molar-refractivity contribution in [2.24, 2.45) is 7.05 Å². The molecule has 0 radical (unpaired) electrons. The van der Waals surface area contributed by atoms with E-state index >= 15 is 0 Å². The molecular weight excluding hydrogens is 455 g/mol. The quantitative estimate of drug-likeness (QED) is 0.453. The normalized spacial score (nSPS) is 11.7. The number of aromatic hydroxyl groups is 1. The molecular formula is C23H18F3N3O3S. The fourth-order valence-corrected chi connectivity index (χ4v) is 4.48. The lowest BCUT2D eigenvalue weighted by Gasteiger charge is -2.12. The van der Waals surface area contributed by atoms with Crippen LogP contribution in [0.5, 0.6) is 5.75 Å². The van der Waals surface area contributed by atoms with Gasteiger partial charge in [-0.1, -0.05) is 30.3 Å². The van der Waals surface area contributed by atoms with E-state index in [9.17, 15) is 27.9 Å². The summed E-state index contributed by atoms with van der Waals surface area (Å²) in [5.74, 6) is -1.26. The zero-order valence-corrected chi connectivity index (χ0v) is 18.3. The van der Waals surface area contributed by atoms with E-state index in [4.69, 9.17) is 0 Å². The number of carbonyl (C=O) groups excluding carboxylic acids is 1. The van der Waals surface area contributed by atoms with Gasteiger partial charge in [0, 0.05) is 22.9 Å². The molecule has 170 valence electrons. The molecule has 4 aromatic rings. The third-order valence-corrected chi connectivity index (χ3v) is 6.47. The Kier molecular flexibility index (Phi) is 5.71. The maximum atomic E-state index is 12.9. The summed E-state index contributed by atoms with van der Waals surface area (Å²) >= 11 is 1.24. The molecule has 2 N–H and O–H groups in total. The molecule has 0 bridgehead atoms. The molecule has 0 aliphatic carbocycles. The van der Waals surface area contributed by atoms with Gasteiger partial charge in [-0.3, -0.25) is 9.59 Å². The van der Waals surface area contributed by atoms with Gasteiger partial charge in [-0.2, -0.15) is 13.2 Å². The Hall–Kier alpha value is -3.66. The number of benzene rings is 2. The third-order valence-electron chi connectivity index (χ3n) is 5.27. The minimum Gasteiger partial charge on any atom is -0.502 e. The molecule has 0 fully saturated rings. The zero-order valence-electron chi connectivity index (χ0n) is 17.5. The Morgan fingerprint density at radius 3 is 2.48 bits per heavy atom. The standard InChI is InChI=1S/C23H18F3N3O3S/c1-12-17(33-21(28-12)13-7-9-14(10-8-13)23(24,25)26)11-27-20(31)18-15-5-3-4-6-16(15)29(2)22(32)19(18)30/h3-10,30H,11H2,1-2H3,(H,27,31). The van der Waals surface area contributed by atoms with Crippen molar-refractivity contribution in [3.63, 3.8) is 0 Å². The van der Waals surface area contributed by atoms with Gasteiger partial charge in [-0.15, -0.1) is 11.3 Å². The van der Waals surface area contributed by atoms with Gasteiger partial charge in [0.25, 0.3) is 11.5 Å². The van der Waals surface area contributed by atoms with Crippen LogP contribution in [0.2, 0.25) is 0 Å². The first-order valence-electron chi connectivity index (χ1n) is 9.80. The second-order valence-corrected chi connectivity index (χ2v) is 8.47. The van der Waals surface area contributed by atoms with Crippen molar-refractivity contribution in [3.8, 4) is 16.3 Å². The van der Waals surface area contributed by atoms with Gasteiger partial charge in [0.2, 0.25) is 0 Å². The Balaban J connectivity index is 1.58. The lowest BCUT2D eigenvalue weighted by molar-refractivity contribution is -0.137. The zero-order chi connectivity index (χ0) is 23.9. The van der Waals surface area contributed by atoms with Crippen molar-refractivity contribution >= 4 is 28.1 Å². The number of carbonyl (C=O) groups is 1. The number of para-hydroxylation sites is 1. The molecule has 0 saturated heterocycles. The molecule has 0 aliphatic rings. The third kappa shape index (κ3) is 4.21. The van der Waals surface area contributed by atoms with Gasteiger partial charge < -0.3 is 15.0 Å². The van der Waals surface area contributed by atoms with Gasteiger partial charge in [0.15, 0.2) is 5.75 Å². The predicted octanol–water partition coefficient (Wildman–Crippen LogP) is 4.62. The topological polar surface area (TPSA) is 84.2 Å². The van der Waals surface area contributed by atoms with E-state index in [1.54, 1.807) is 31.2 Å². The Morgan fingerprint density at radius 1 is 1.15 bits per heavy atom. The number of nitrogens with one attached hydrogen (secondary N) is 1. The summed E-state index contributed by atoms with van der Waals surface area (Å²) in [5.41, 5.74) is 0.116. The molecule has 2 heterocycles. The average Bonchev–Trinajstić information content (AvgIpc) is 3.16. The van der Waals surface area contributed by atoms with Crippen molar-refractivity contribution in [1.29, 1.82) is 0 Å². The summed E-state index contributed by atoms with van der Waals surface area (Å²) in [6.45, 7) is 1.81. The number of nitrogens with zero attached hydrogens (tertiary/aromatic N) is 2. The molecule has 10 heteroatoms. The Morgan fingerprint density at radius 2 is 1.82 bits per heavy atom. The number of rotatable bonds is 4. The van der Waals surface area contributed by atoms with Crippen molar-refractivity contribution in [1.82, 2.24) is 14.9 Å². The maximum Gasteiger partial charge on any atom is 0.416 e. The van der Waals surface area contributed by atoms with Gasteiger partial charge in [-0.05, 0) is 25.1 Å². The second kappa shape index (κ2) is 8.36.